The maximum Gasteiger partial charge on any atom is 0.315 e. The quantitative estimate of drug-likeness (QED) is 0.738. The van der Waals surface area contributed by atoms with Crippen LogP contribution in [0.5, 0.6) is 0 Å². The highest BCUT2D eigenvalue weighted by Gasteiger charge is 2.20. The van der Waals surface area contributed by atoms with Crippen molar-refractivity contribution in [2.75, 3.05) is 5.32 Å². The molecule has 0 heterocycles. The summed E-state index contributed by atoms with van der Waals surface area (Å²) in [4.78, 5) is 34.2. The van der Waals surface area contributed by atoms with Crippen molar-refractivity contribution < 1.29 is 19.5 Å². The molecule has 0 bridgehead atoms. The maximum absolute atomic E-state index is 11.9. The van der Waals surface area contributed by atoms with Gasteiger partial charge in [-0.1, -0.05) is 0 Å². The van der Waals surface area contributed by atoms with Crippen LogP contribution in [0.4, 0.5) is 5.69 Å². The van der Waals surface area contributed by atoms with Crippen LogP contribution >= 0.6 is 0 Å². The molecule has 1 aromatic carbocycles. The molecule has 6 heteroatoms. The van der Waals surface area contributed by atoms with Gasteiger partial charge in [0.05, 0.1) is 0 Å². The van der Waals surface area contributed by atoms with Crippen LogP contribution in [0.3, 0.4) is 0 Å². The molecule has 0 aliphatic rings. The van der Waals surface area contributed by atoms with Crippen molar-refractivity contribution in [3.63, 3.8) is 0 Å². The number of carboxylic acid groups (broad SMARTS) is 1. The fourth-order valence-electron chi connectivity index (χ4n) is 1.48. The molecule has 21 heavy (non-hydrogen) atoms. The Labute approximate surface area is 123 Å². The van der Waals surface area contributed by atoms with Gasteiger partial charge in [0.1, 0.15) is 5.92 Å². The van der Waals surface area contributed by atoms with Crippen LogP contribution in [-0.2, 0) is 9.59 Å². The minimum atomic E-state index is -1.19. The lowest BCUT2D eigenvalue weighted by Crippen LogP contribution is -2.40. The molecule has 1 aromatic rings. The molecule has 0 aliphatic heterocycles. The molecule has 3 N–H and O–H groups in total. The monoisotopic (exact) mass is 292 g/mol. The van der Waals surface area contributed by atoms with E-state index in [-0.39, 0.29) is 11.4 Å². The van der Waals surface area contributed by atoms with Gasteiger partial charge in [0.15, 0.2) is 0 Å². The Morgan fingerprint density at radius 2 is 1.62 bits per heavy atom. The van der Waals surface area contributed by atoms with Crippen molar-refractivity contribution in [1.29, 1.82) is 0 Å². The van der Waals surface area contributed by atoms with Crippen LogP contribution in [0.15, 0.2) is 24.3 Å². The Bertz CT molecular complexity index is 544. The first-order chi connectivity index (χ1) is 9.60. The first-order valence-corrected chi connectivity index (χ1v) is 6.56. The number of aliphatic carboxylic acids is 1. The molecule has 0 saturated carbocycles. The molecule has 2 amide bonds. The Morgan fingerprint density at radius 1 is 1.10 bits per heavy atom. The van der Waals surface area contributed by atoms with E-state index in [0.29, 0.717) is 11.3 Å². The third-order valence-electron chi connectivity index (χ3n) is 2.67. The largest absolute Gasteiger partial charge is 0.481 e. The predicted molar refractivity (Wildman–Crippen MR) is 79.1 cm³/mol. The zero-order valence-electron chi connectivity index (χ0n) is 12.6. The number of benzene rings is 1. The number of hydrogen-bond donors (Lipinski definition) is 3. The van der Waals surface area contributed by atoms with Gasteiger partial charge in [-0.2, -0.15) is 0 Å². The first kappa shape index (κ1) is 16.7. The molecular formula is C15H20N2O4. The third-order valence-corrected chi connectivity index (χ3v) is 2.67. The van der Waals surface area contributed by atoms with E-state index in [1.165, 1.54) is 6.92 Å². The molecule has 0 spiro atoms. The molecule has 0 aromatic heterocycles. The molecule has 0 saturated heterocycles. The van der Waals surface area contributed by atoms with Crippen molar-refractivity contribution in [1.82, 2.24) is 5.32 Å². The Morgan fingerprint density at radius 3 is 2.05 bits per heavy atom. The topological polar surface area (TPSA) is 95.5 Å². The van der Waals surface area contributed by atoms with Gasteiger partial charge in [0, 0.05) is 16.8 Å². The van der Waals surface area contributed by atoms with Gasteiger partial charge in [-0.05, 0) is 52.0 Å². The molecule has 1 atom stereocenters. The smallest absolute Gasteiger partial charge is 0.315 e. The number of carboxylic acids is 1. The lowest BCUT2D eigenvalue weighted by atomic mass is 10.1. The normalized spacial score (nSPS) is 12.4. The van der Waals surface area contributed by atoms with Crippen LogP contribution in [0, 0.1) is 5.92 Å². The second-order valence-corrected chi connectivity index (χ2v) is 5.83. The van der Waals surface area contributed by atoms with E-state index in [9.17, 15) is 14.4 Å². The summed E-state index contributed by atoms with van der Waals surface area (Å²) in [7, 11) is 0. The van der Waals surface area contributed by atoms with Crippen LogP contribution in [0.25, 0.3) is 0 Å². The first-order valence-electron chi connectivity index (χ1n) is 6.56. The Balaban J connectivity index is 2.73. The number of carbonyl (C=O) groups is 3. The Hall–Kier alpha value is -2.37. The number of carbonyl (C=O) groups excluding carboxylic acids is 2. The van der Waals surface area contributed by atoms with Gasteiger partial charge in [0.25, 0.3) is 5.91 Å². The molecule has 0 aliphatic carbocycles. The molecule has 1 unspecified atom stereocenters. The molecule has 114 valence electrons. The number of nitrogens with one attached hydrogen (secondary N) is 2. The fourth-order valence-corrected chi connectivity index (χ4v) is 1.48. The summed E-state index contributed by atoms with van der Waals surface area (Å²) in [5.41, 5.74) is 0.579. The van der Waals surface area contributed by atoms with Gasteiger partial charge in [-0.25, -0.2) is 0 Å². The zero-order chi connectivity index (χ0) is 16.2. The molecule has 0 fully saturated rings. The van der Waals surface area contributed by atoms with E-state index in [0.717, 1.165) is 0 Å². The lowest BCUT2D eigenvalue weighted by Gasteiger charge is -2.20. The van der Waals surface area contributed by atoms with Gasteiger partial charge in [-0.3, -0.25) is 14.4 Å². The second kappa shape index (κ2) is 6.39. The highest BCUT2D eigenvalue weighted by molar-refractivity contribution is 6.04. The number of anilines is 1. The number of rotatable bonds is 4. The van der Waals surface area contributed by atoms with Crippen molar-refractivity contribution in [2.24, 2.45) is 5.92 Å². The average molecular weight is 292 g/mol. The third kappa shape index (κ3) is 5.25. The SMILES string of the molecule is CC(C(=O)O)C(=O)Nc1ccc(C(=O)NC(C)(C)C)cc1. The fraction of sp³-hybridized carbons (Fsp3) is 0.400. The highest BCUT2D eigenvalue weighted by Crippen LogP contribution is 2.12. The van der Waals surface area contributed by atoms with E-state index in [1.807, 2.05) is 20.8 Å². The summed E-state index contributed by atoms with van der Waals surface area (Å²) >= 11 is 0. The minimum Gasteiger partial charge on any atom is -0.481 e. The summed E-state index contributed by atoms with van der Waals surface area (Å²) in [6, 6.07) is 6.26. The molecule has 1 rings (SSSR count). The number of hydrogen-bond acceptors (Lipinski definition) is 3. The van der Waals surface area contributed by atoms with Crippen LogP contribution in [0.1, 0.15) is 38.1 Å². The molecule has 0 radical (unpaired) electrons. The number of amides is 2. The zero-order valence-corrected chi connectivity index (χ0v) is 12.6. The summed E-state index contributed by atoms with van der Waals surface area (Å²) < 4.78 is 0. The average Bonchev–Trinajstić information content (AvgIpc) is 2.36. The van der Waals surface area contributed by atoms with Crippen LogP contribution in [0.2, 0.25) is 0 Å². The molecule has 6 nitrogen and oxygen atoms in total. The van der Waals surface area contributed by atoms with Crippen molar-refractivity contribution in [2.45, 2.75) is 33.2 Å². The maximum atomic E-state index is 11.9. The molecular weight excluding hydrogens is 272 g/mol. The van der Waals surface area contributed by atoms with Crippen LogP contribution in [-0.4, -0.2) is 28.4 Å². The van der Waals surface area contributed by atoms with E-state index in [1.54, 1.807) is 24.3 Å². The minimum absolute atomic E-state index is 0.209. The van der Waals surface area contributed by atoms with E-state index >= 15 is 0 Å². The Kier molecular flexibility index (Phi) is 5.07. The summed E-state index contributed by atoms with van der Waals surface area (Å²) in [6.45, 7) is 6.95. The van der Waals surface area contributed by atoms with Crippen molar-refractivity contribution >= 4 is 23.5 Å². The van der Waals surface area contributed by atoms with Gasteiger partial charge in [0.2, 0.25) is 5.91 Å². The highest BCUT2D eigenvalue weighted by atomic mass is 16.4. The van der Waals surface area contributed by atoms with Gasteiger partial charge in [-0.15, -0.1) is 0 Å². The summed E-state index contributed by atoms with van der Waals surface area (Å²) in [5, 5.41) is 14.1. The lowest BCUT2D eigenvalue weighted by molar-refractivity contribution is -0.144. The van der Waals surface area contributed by atoms with Crippen molar-refractivity contribution in [3.05, 3.63) is 29.8 Å². The van der Waals surface area contributed by atoms with Crippen LogP contribution < -0.4 is 10.6 Å². The van der Waals surface area contributed by atoms with E-state index in [2.05, 4.69) is 10.6 Å². The van der Waals surface area contributed by atoms with Crippen molar-refractivity contribution in [3.8, 4) is 0 Å². The van der Waals surface area contributed by atoms with Gasteiger partial charge >= 0.3 is 5.97 Å². The summed E-state index contributed by atoms with van der Waals surface area (Å²) in [6.07, 6.45) is 0. The van der Waals surface area contributed by atoms with E-state index < -0.39 is 17.8 Å². The standard InChI is InChI=1S/C15H20N2O4/c1-9(14(20)21)12(18)16-11-7-5-10(6-8-11)13(19)17-15(2,3)4/h5-9H,1-4H3,(H,16,18)(H,17,19)(H,20,21). The summed E-state index contributed by atoms with van der Waals surface area (Å²) in [5.74, 6) is -3.13. The van der Waals surface area contributed by atoms with Gasteiger partial charge < -0.3 is 15.7 Å². The van der Waals surface area contributed by atoms with E-state index in [4.69, 9.17) is 5.11 Å². The predicted octanol–water partition coefficient (Wildman–Crippen LogP) is 1.87. The second-order valence-electron chi connectivity index (χ2n) is 5.83.